The van der Waals surface area contributed by atoms with Gasteiger partial charge >= 0.3 is 0 Å². The first-order valence-corrected chi connectivity index (χ1v) is 9.87. The highest BCUT2D eigenvalue weighted by atomic mass is 32.2. The molecule has 5 heteroatoms. The molecule has 1 fully saturated rings. The van der Waals surface area contributed by atoms with Crippen LogP contribution in [0.3, 0.4) is 0 Å². The minimum atomic E-state index is 0.122. The maximum absolute atomic E-state index is 12.4. The van der Waals surface area contributed by atoms with E-state index in [-0.39, 0.29) is 11.8 Å². The summed E-state index contributed by atoms with van der Waals surface area (Å²) in [5.74, 6) is 0.913. The van der Waals surface area contributed by atoms with Gasteiger partial charge < -0.3 is 5.32 Å². The van der Waals surface area contributed by atoms with Crippen molar-refractivity contribution in [3.8, 4) is 0 Å². The first-order valence-electron chi connectivity index (χ1n) is 9.09. The van der Waals surface area contributed by atoms with Gasteiger partial charge in [-0.1, -0.05) is 24.6 Å². The Balaban J connectivity index is 1.43. The molecule has 2 aliphatic rings. The minimum Gasteiger partial charge on any atom is -0.350 e. The molecule has 134 valence electrons. The van der Waals surface area contributed by atoms with Crippen molar-refractivity contribution in [2.24, 2.45) is 11.8 Å². The van der Waals surface area contributed by atoms with Crippen molar-refractivity contribution < 1.29 is 4.79 Å². The predicted octanol–water partition coefficient (Wildman–Crippen LogP) is 3.93. The Morgan fingerprint density at radius 3 is 2.84 bits per heavy atom. The number of allylic oxidation sites excluding steroid dienone is 3. The second-order valence-electron chi connectivity index (χ2n) is 7.07. The van der Waals surface area contributed by atoms with Gasteiger partial charge in [-0.2, -0.15) is 0 Å². The maximum atomic E-state index is 12.4. The summed E-state index contributed by atoms with van der Waals surface area (Å²) in [6.45, 7) is 6.93. The van der Waals surface area contributed by atoms with Crippen molar-refractivity contribution in [1.82, 2.24) is 14.6 Å². The third kappa shape index (κ3) is 5.44. The van der Waals surface area contributed by atoms with E-state index < -0.39 is 0 Å². The van der Waals surface area contributed by atoms with E-state index in [1.807, 2.05) is 30.1 Å². The van der Waals surface area contributed by atoms with Crippen molar-refractivity contribution in [3.05, 3.63) is 52.7 Å². The fraction of sp³-hybridized carbons (Fsp3) is 0.500. The number of aromatic nitrogens is 1. The van der Waals surface area contributed by atoms with Crippen molar-refractivity contribution in [1.29, 1.82) is 0 Å². The number of piperidine rings is 1. The monoisotopic (exact) mass is 357 g/mol. The Bertz CT molecular complexity index is 648. The molecule has 1 aromatic heterocycles. The molecule has 0 bridgehead atoms. The van der Waals surface area contributed by atoms with E-state index in [1.54, 1.807) is 6.20 Å². The Hall–Kier alpha value is -1.59. The molecule has 0 saturated carbocycles. The van der Waals surface area contributed by atoms with Crippen molar-refractivity contribution >= 4 is 17.9 Å². The molecule has 1 aliphatic heterocycles. The van der Waals surface area contributed by atoms with Gasteiger partial charge in [0.05, 0.1) is 12.2 Å². The van der Waals surface area contributed by atoms with E-state index in [4.69, 9.17) is 0 Å². The van der Waals surface area contributed by atoms with Gasteiger partial charge in [0.25, 0.3) is 0 Å². The van der Waals surface area contributed by atoms with Crippen LogP contribution in [-0.4, -0.2) is 28.3 Å². The van der Waals surface area contributed by atoms with Crippen LogP contribution in [0.4, 0.5) is 0 Å². The molecule has 1 saturated heterocycles. The maximum Gasteiger partial charge on any atom is 0.223 e. The van der Waals surface area contributed by atoms with E-state index in [0.717, 1.165) is 31.6 Å². The first kappa shape index (κ1) is 18.2. The zero-order chi connectivity index (χ0) is 17.6. The topological polar surface area (TPSA) is 45.2 Å². The molecule has 1 aromatic rings. The van der Waals surface area contributed by atoms with Crippen LogP contribution in [0.2, 0.25) is 0 Å². The molecule has 4 nitrogen and oxygen atoms in total. The van der Waals surface area contributed by atoms with Crippen LogP contribution in [0.15, 0.2) is 47.0 Å². The molecular formula is C20H27N3OS. The molecule has 1 aliphatic carbocycles. The second kappa shape index (κ2) is 8.68. The first-order chi connectivity index (χ1) is 12.1. The lowest BCUT2D eigenvalue weighted by molar-refractivity contribution is -0.126. The van der Waals surface area contributed by atoms with Crippen LogP contribution in [0, 0.1) is 11.8 Å². The third-order valence-corrected chi connectivity index (χ3v) is 5.80. The lowest BCUT2D eigenvalue weighted by Crippen LogP contribution is -2.38. The number of rotatable bonds is 5. The van der Waals surface area contributed by atoms with Gasteiger partial charge in [-0.25, -0.2) is 4.31 Å². The van der Waals surface area contributed by atoms with E-state index in [1.165, 1.54) is 16.9 Å². The molecule has 1 unspecified atom stereocenters. The average Bonchev–Trinajstić information content (AvgIpc) is 2.60. The molecule has 3 rings (SSSR count). The molecule has 1 amide bonds. The highest BCUT2D eigenvalue weighted by Crippen LogP contribution is 2.33. The number of hydrogen-bond acceptors (Lipinski definition) is 4. The summed E-state index contributed by atoms with van der Waals surface area (Å²) in [5.41, 5.74) is 2.37. The third-order valence-electron chi connectivity index (χ3n) is 4.71. The molecular weight excluding hydrogens is 330 g/mol. The Labute approximate surface area is 154 Å². The van der Waals surface area contributed by atoms with Gasteiger partial charge in [-0.3, -0.25) is 9.78 Å². The zero-order valence-corrected chi connectivity index (χ0v) is 15.9. The number of nitrogens with one attached hydrogen (secondary N) is 1. The number of carbonyl (C=O) groups excluding carboxylic acids is 1. The molecule has 1 N–H and O–H groups in total. The number of pyridine rings is 1. The fourth-order valence-corrected chi connectivity index (χ4v) is 4.68. The number of carbonyl (C=O) groups is 1. The van der Waals surface area contributed by atoms with Crippen LogP contribution < -0.4 is 5.32 Å². The molecule has 1 atom stereocenters. The van der Waals surface area contributed by atoms with E-state index in [9.17, 15) is 4.79 Å². The molecule has 0 aromatic carbocycles. The van der Waals surface area contributed by atoms with Crippen LogP contribution in [0.25, 0.3) is 0 Å². The van der Waals surface area contributed by atoms with Crippen molar-refractivity contribution in [2.45, 2.75) is 39.7 Å². The van der Waals surface area contributed by atoms with Crippen LogP contribution in [-0.2, 0) is 11.3 Å². The van der Waals surface area contributed by atoms with Crippen molar-refractivity contribution in [2.75, 3.05) is 13.1 Å². The predicted molar refractivity (Wildman–Crippen MR) is 104 cm³/mol. The summed E-state index contributed by atoms with van der Waals surface area (Å²) in [6, 6.07) is 5.77. The molecule has 0 spiro atoms. The SMILES string of the molecule is CC1=CC(SN2CCC(C(=O)NCc3ccccn3)CC2)=CC(C)C1. The van der Waals surface area contributed by atoms with E-state index in [0.29, 0.717) is 12.5 Å². The number of hydrogen-bond donors (Lipinski definition) is 1. The summed E-state index contributed by atoms with van der Waals surface area (Å²) in [5, 5.41) is 3.03. The van der Waals surface area contributed by atoms with Crippen LogP contribution in [0.1, 0.15) is 38.8 Å². The summed E-state index contributed by atoms with van der Waals surface area (Å²) in [7, 11) is 0. The number of amides is 1. The summed E-state index contributed by atoms with van der Waals surface area (Å²) < 4.78 is 2.40. The highest BCUT2D eigenvalue weighted by Gasteiger charge is 2.26. The van der Waals surface area contributed by atoms with Gasteiger partial charge in [0.15, 0.2) is 0 Å². The second-order valence-corrected chi connectivity index (χ2v) is 8.24. The molecule has 25 heavy (non-hydrogen) atoms. The Kier molecular flexibility index (Phi) is 6.32. The van der Waals surface area contributed by atoms with Gasteiger partial charge in [0.2, 0.25) is 5.91 Å². The lowest BCUT2D eigenvalue weighted by Gasteiger charge is -2.31. The fourth-order valence-electron chi connectivity index (χ4n) is 3.44. The summed E-state index contributed by atoms with van der Waals surface area (Å²) >= 11 is 1.85. The highest BCUT2D eigenvalue weighted by molar-refractivity contribution is 8.01. The van der Waals surface area contributed by atoms with Gasteiger partial charge in [-0.15, -0.1) is 0 Å². The standard InChI is InChI=1S/C20H27N3OS/c1-15-11-16(2)13-19(12-15)25-23-9-6-17(7-10-23)20(24)22-14-18-5-3-4-8-21-18/h3-5,8,12-13,15,17H,6-7,9-11,14H2,1-2H3,(H,22,24). The zero-order valence-electron chi connectivity index (χ0n) is 15.1. The Morgan fingerprint density at radius 2 is 2.16 bits per heavy atom. The summed E-state index contributed by atoms with van der Waals surface area (Å²) in [6.07, 6.45) is 9.44. The quantitative estimate of drug-likeness (QED) is 0.811. The molecule has 2 heterocycles. The van der Waals surface area contributed by atoms with Gasteiger partial charge in [0.1, 0.15) is 0 Å². The van der Waals surface area contributed by atoms with Crippen LogP contribution in [0.5, 0.6) is 0 Å². The number of nitrogens with zero attached hydrogens (tertiary/aromatic N) is 2. The van der Waals surface area contributed by atoms with Gasteiger partial charge in [-0.05, 0) is 62.3 Å². The lowest BCUT2D eigenvalue weighted by atomic mass is 9.97. The van der Waals surface area contributed by atoms with E-state index >= 15 is 0 Å². The minimum absolute atomic E-state index is 0.122. The normalized spacial score (nSPS) is 22.2. The molecule has 0 radical (unpaired) electrons. The van der Waals surface area contributed by atoms with Crippen LogP contribution >= 0.6 is 11.9 Å². The van der Waals surface area contributed by atoms with E-state index in [2.05, 4.69) is 40.6 Å². The smallest absolute Gasteiger partial charge is 0.223 e. The van der Waals surface area contributed by atoms with Crippen molar-refractivity contribution in [3.63, 3.8) is 0 Å². The van der Waals surface area contributed by atoms with Gasteiger partial charge in [0, 0.05) is 30.1 Å². The Morgan fingerprint density at radius 1 is 1.36 bits per heavy atom. The average molecular weight is 358 g/mol. The summed E-state index contributed by atoms with van der Waals surface area (Å²) in [4.78, 5) is 18.0. The largest absolute Gasteiger partial charge is 0.350 e.